The molecule has 0 fully saturated rings. The number of benzene rings is 2. The van der Waals surface area contributed by atoms with E-state index in [-0.39, 0.29) is 25.0 Å². The molecule has 1 aliphatic heterocycles. The fraction of sp³-hybridized carbons (Fsp3) is 0.176. The highest BCUT2D eigenvalue weighted by Gasteiger charge is 2.27. The van der Waals surface area contributed by atoms with Crippen LogP contribution in [0.2, 0.25) is 5.02 Å². The molecule has 1 heterocycles. The van der Waals surface area contributed by atoms with Crippen LogP contribution >= 0.6 is 23.4 Å². The van der Waals surface area contributed by atoms with Crippen LogP contribution < -0.4 is 15.0 Å². The summed E-state index contributed by atoms with van der Waals surface area (Å²) < 4.78 is 5.37. The quantitative estimate of drug-likeness (QED) is 0.846. The van der Waals surface area contributed by atoms with Gasteiger partial charge in [-0.1, -0.05) is 23.7 Å². The Labute approximate surface area is 148 Å². The van der Waals surface area contributed by atoms with Gasteiger partial charge in [0.1, 0.15) is 12.3 Å². The van der Waals surface area contributed by atoms with E-state index in [1.807, 2.05) is 30.5 Å². The van der Waals surface area contributed by atoms with E-state index >= 15 is 0 Å². The molecule has 0 atom stereocenters. The van der Waals surface area contributed by atoms with Crippen molar-refractivity contribution in [1.29, 1.82) is 0 Å². The molecule has 2 aromatic carbocycles. The number of para-hydroxylation sites is 1. The third kappa shape index (κ3) is 3.49. The van der Waals surface area contributed by atoms with Crippen LogP contribution in [0.5, 0.6) is 5.75 Å². The van der Waals surface area contributed by atoms with Crippen molar-refractivity contribution in [3.05, 3.63) is 47.5 Å². The van der Waals surface area contributed by atoms with Crippen LogP contribution in [0.1, 0.15) is 0 Å². The van der Waals surface area contributed by atoms with Crippen molar-refractivity contribution in [2.24, 2.45) is 0 Å². The third-order valence-electron chi connectivity index (χ3n) is 3.55. The fourth-order valence-corrected chi connectivity index (χ4v) is 3.15. The number of rotatable bonds is 4. The molecule has 0 aromatic heterocycles. The molecule has 2 amide bonds. The van der Waals surface area contributed by atoms with E-state index in [1.54, 1.807) is 30.0 Å². The number of hydrogen-bond acceptors (Lipinski definition) is 4. The molecule has 0 bridgehead atoms. The molecular weight excluding hydrogens is 348 g/mol. The first-order valence-electron chi connectivity index (χ1n) is 7.24. The Morgan fingerprint density at radius 2 is 2.12 bits per heavy atom. The van der Waals surface area contributed by atoms with Crippen molar-refractivity contribution in [3.63, 3.8) is 0 Å². The van der Waals surface area contributed by atoms with Crippen LogP contribution in [-0.4, -0.2) is 31.2 Å². The molecule has 1 aliphatic rings. The smallest absolute Gasteiger partial charge is 0.265 e. The van der Waals surface area contributed by atoms with Crippen molar-refractivity contribution in [3.8, 4) is 5.75 Å². The summed E-state index contributed by atoms with van der Waals surface area (Å²) in [7, 11) is 0. The lowest BCUT2D eigenvalue weighted by Crippen LogP contribution is -2.43. The second-order valence-electron chi connectivity index (χ2n) is 5.13. The molecule has 1 N–H and O–H groups in total. The summed E-state index contributed by atoms with van der Waals surface area (Å²) in [4.78, 5) is 26.9. The first-order chi connectivity index (χ1) is 11.6. The van der Waals surface area contributed by atoms with Gasteiger partial charge < -0.3 is 10.1 Å². The lowest BCUT2D eigenvalue weighted by molar-refractivity contribution is -0.123. The zero-order chi connectivity index (χ0) is 17.1. The molecular formula is C17H15ClN2O3S. The van der Waals surface area contributed by atoms with Crippen LogP contribution in [0.25, 0.3) is 0 Å². The second kappa shape index (κ2) is 7.15. The van der Waals surface area contributed by atoms with Gasteiger partial charge in [0.25, 0.3) is 5.91 Å². The number of fused-ring (bicyclic) bond motifs is 1. The van der Waals surface area contributed by atoms with Crippen LogP contribution in [0.15, 0.2) is 47.4 Å². The predicted molar refractivity (Wildman–Crippen MR) is 96.2 cm³/mol. The van der Waals surface area contributed by atoms with Gasteiger partial charge in [-0.15, -0.1) is 11.8 Å². The summed E-state index contributed by atoms with van der Waals surface area (Å²) in [6, 6.07) is 12.5. The Hall–Kier alpha value is -2.18. The Morgan fingerprint density at radius 3 is 2.92 bits per heavy atom. The number of thioether (sulfide) groups is 1. The molecule has 0 spiro atoms. The van der Waals surface area contributed by atoms with Gasteiger partial charge in [-0.05, 0) is 36.6 Å². The van der Waals surface area contributed by atoms with Crippen LogP contribution in [0.4, 0.5) is 11.4 Å². The monoisotopic (exact) mass is 362 g/mol. The Morgan fingerprint density at radius 1 is 1.33 bits per heavy atom. The summed E-state index contributed by atoms with van der Waals surface area (Å²) in [6.07, 6.45) is 1.94. The van der Waals surface area contributed by atoms with Gasteiger partial charge in [0.2, 0.25) is 5.91 Å². The largest absolute Gasteiger partial charge is 0.482 e. The van der Waals surface area contributed by atoms with E-state index in [4.69, 9.17) is 16.3 Å². The molecule has 5 nitrogen and oxygen atoms in total. The SMILES string of the molecule is CSc1ccccc1NC(=O)CN1C(=O)COc2ccc(Cl)cc21. The van der Waals surface area contributed by atoms with E-state index in [2.05, 4.69) is 5.32 Å². The Bertz CT molecular complexity index is 797. The average Bonchev–Trinajstić information content (AvgIpc) is 2.58. The Balaban J connectivity index is 1.79. The standard InChI is InChI=1S/C17H15ClN2O3S/c1-24-15-5-3-2-4-12(15)19-16(21)9-20-13-8-11(18)6-7-14(13)23-10-17(20)22/h2-8H,9-10H2,1H3,(H,19,21). The van der Waals surface area contributed by atoms with E-state index in [0.29, 0.717) is 16.5 Å². The number of amides is 2. The molecule has 24 heavy (non-hydrogen) atoms. The van der Waals surface area contributed by atoms with Gasteiger partial charge in [0.05, 0.1) is 11.4 Å². The molecule has 0 saturated heterocycles. The number of halogens is 1. The number of nitrogens with zero attached hydrogens (tertiary/aromatic N) is 1. The van der Waals surface area contributed by atoms with Gasteiger partial charge in [-0.2, -0.15) is 0 Å². The van der Waals surface area contributed by atoms with Crippen LogP contribution in [0.3, 0.4) is 0 Å². The first kappa shape index (κ1) is 16.7. The maximum Gasteiger partial charge on any atom is 0.265 e. The van der Waals surface area contributed by atoms with Gasteiger partial charge in [0, 0.05) is 9.92 Å². The highest BCUT2D eigenvalue weighted by atomic mass is 35.5. The molecule has 0 unspecified atom stereocenters. The summed E-state index contributed by atoms with van der Waals surface area (Å²) in [6.45, 7) is -0.193. The highest BCUT2D eigenvalue weighted by Crippen LogP contribution is 2.34. The first-order valence-corrected chi connectivity index (χ1v) is 8.84. The number of nitrogens with one attached hydrogen (secondary N) is 1. The van der Waals surface area contributed by atoms with E-state index in [9.17, 15) is 9.59 Å². The minimum atomic E-state index is -0.280. The average molecular weight is 363 g/mol. The van der Waals surface area contributed by atoms with Gasteiger partial charge >= 0.3 is 0 Å². The lowest BCUT2D eigenvalue weighted by atomic mass is 10.2. The maximum atomic E-state index is 12.4. The second-order valence-corrected chi connectivity index (χ2v) is 6.41. The summed E-state index contributed by atoms with van der Waals surface area (Å²) in [5, 5.41) is 3.32. The summed E-state index contributed by atoms with van der Waals surface area (Å²) in [5.74, 6) is -0.0212. The summed E-state index contributed by atoms with van der Waals surface area (Å²) >= 11 is 7.54. The van der Waals surface area contributed by atoms with E-state index in [1.165, 1.54) is 4.90 Å². The molecule has 0 aliphatic carbocycles. The van der Waals surface area contributed by atoms with Crippen molar-refractivity contribution < 1.29 is 14.3 Å². The zero-order valence-corrected chi connectivity index (χ0v) is 14.5. The molecule has 7 heteroatoms. The molecule has 3 rings (SSSR count). The van der Waals surface area contributed by atoms with E-state index in [0.717, 1.165) is 10.6 Å². The van der Waals surface area contributed by atoms with Crippen molar-refractivity contribution in [2.75, 3.05) is 29.6 Å². The molecule has 124 valence electrons. The minimum Gasteiger partial charge on any atom is -0.482 e. The van der Waals surface area contributed by atoms with Gasteiger partial charge in [0.15, 0.2) is 6.61 Å². The van der Waals surface area contributed by atoms with Crippen LogP contribution in [-0.2, 0) is 9.59 Å². The van der Waals surface area contributed by atoms with Crippen molar-refractivity contribution >= 4 is 46.6 Å². The zero-order valence-electron chi connectivity index (χ0n) is 12.9. The number of anilines is 2. The van der Waals surface area contributed by atoms with Crippen LogP contribution in [0, 0.1) is 0 Å². The van der Waals surface area contributed by atoms with Gasteiger partial charge in [-0.25, -0.2) is 0 Å². The number of hydrogen-bond donors (Lipinski definition) is 1. The topological polar surface area (TPSA) is 58.6 Å². The third-order valence-corrected chi connectivity index (χ3v) is 4.58. The number of carbonyl (C=O) groups excluding carboxylic acids is 2. The molecule has 0 radical (unpaired) electrons. The minimum absolute atomic E-state index is 0.0939. The Kier molecular flexibility index (Phi) is 4.97. The van der Waals surface area contributed by atoms with Crippen molar-refractivity contribution in [2.45, 2.75) is 4.90 Å². The maximum absolute atomic E-state index is 12.4. The molecule has 0 saturated carbocycles. The highest BCUT2D eigenvalue weighted by molar-refractivity contribution is 7.98. The summed E-state index contributed by atoms with van der Waals surface area (Å²) in [5.41, 5.74) is 1.23. The predicted octanol–water partition coefficient (Wildman–Crippen LogP) is 3.43. The molecule has 2 aromatic rings. The fourth-order valence-electron chi connectivity index (χ4n) is 2.43. The van der Waals surface area contributed by atoms with Gasteiger partial charge in [-0.3, -0.25) is 14.5 Å². The lowest BCUT2D eigenvalue weighted by Gasteiger charge is -2.29. The number of carbonyl (C=O) groups is 2. The van der Waals surface area contributed by atoms with E-state index < -0.39 is 0 Å². The number of ether oxygens (including phenoxy) is 1. The normalized spacial score (nSPS) is 13.2. The van der Waals surface area contributed by atoms with Crippen molar-refractivity contribution in [1.82, 2.24) is 0 Å².